The Labute approximate surface area is 168 Å². The van der Waals surface area contributed by atoms with E-state index in [9.17, 15) is 19.5 Å². The van der Waals surface area contributed by atoms with Crippen molar-refractivity contribution in [3.8, 4) is 5.75 Å². The molecule has 3 rings (SSSR count). The Morgan fingerprint density at radius 2 is 1.97 bits per heavy atom. The van der Waals surface area contributed by atoms with Gasteiger partial charge in [0, 0.05) is 25.2 Å². The van der Waals surface area contributed by atoms with Crippen molar-refractivity contribution in [3.05, 3.63) is 59.7 Å². The zero-order chi connectivity index (χ0) is 21.0. The van der Waals surface area contributed by atoms with Crippen LogP contribution >= 0.6 is 0 Å². The average Bonchev–Trinajstić information content (AvgIpc) is 3.17. The number of carboxylic acids is 1. The first-order chi connectivity index (χ1) is 13.9. The van der Waals surface area contributed by atoms with Crippen LogP contribution in [-0.4, -0.2) is 49.8 Å². The molecule has 3 amide bonds. The van der Waals surface area contributed by atoms with Crippen molar-refractivity contribution in [2.75, 3.05) is 31.6 Å². The van der Waals surface area contributed by atoms with Crippen LogP contribution in [0.3, 0.4) is 0 Å². The van der Waals surface area contributed by atoms with Crippen molar-refractivity contribution in [2.24, 2.45) is 0 Å². The van der Waals surface area contributed by atoms with Gasteiger partial charge >= 0.3 is 12.0 Å². The number of carbonyl (C=O) groups is 3. The molecule has 8 heteroatoms. The van der Waals surface area contributed by atoms with Gasteiger partial charge in [0.2, 0.25) is 0 Å². The number of nitrogens with one attached hydrogen (secondary N) is 2. The molecule has 152 valence electrons. The number of hydrogen-bond acceptors (Lipinski definition) is 4. The van der Waals surface area contributed by atoms with E-state index in [1.807, 2.05) is 0 Å². The highest BCUT2D eigenvalue weighted by Crippen LogP contribution is 2.30. The summed E-state index contributed by atoms with van der Waals surface area (Å²) in [5.41, 5.74) is 0.110. The van der Waals surface area contributed by atoms with E-state index < -0.39 is 17.3 Å². The van der Waals surface area contributed by atoms with Gasteiger partial charge in [-0.05, 0) is 30.7 Å². The Morgan fingerprint density at radius 3 is 2.55 bits per heavy atom. The predicted molar refractivity (Wildman–Crippen MR) is 108 cm³/mol. The maximum absolute atomic E-state index is 12.7. The molecule has 1 heterocycles. The van der Waals surface area contributed by atoms with Crippen molar-refractivity contribution in [1.29, 1.82) is 0 Å². The lowest BCUT2D eigenvalue weighted by Crippen LogP contribution is -2.44. The summed E-state index contributed by atoms with van der Waals surface area (Å²) in [5.74, 6) is -0.997. The number of carboxylic acid groups (broad SMARTS) is 1. The predicted octanol–water partition coefficient (Wildman–Crippen LogP) is 2.00. The third kappa shape index (κ3) is 4.01. The number of methoxy groups -OCH3 is 1. The average molecular weight is 397 g/mol. The SMILES string of the molecule is COc1ccc(C(=O)NCC(C)(C(=O)O)c2ccccc2)cc1N1CCNC1=O. The number of aliphatic carboxylic acids is 1. The van der Waals surface area contributed by atoms with Gasteiger partial charge in [-0.1, -0.05) is 30.3 Å². The second-order valence-electron chi connectivity index (χ2n) is 6.96. The lowest BCUT2D eigenvalue weighted by Gasteiger charge is -2.26. The van der Waals surface area contributed by atoms with E-state index in [0.717, 1.165) is 0 Å². The zero-order valence-corrected chi connectivity index (χ0v) is 16.3. The van der Waals surface area contributed by atoms with Crippen molar-refractivity contribution in [1.82, 2.24) is 10.6 Å². The van der Waals surface area contributed by atoms with Gasteiger partial charge in [0.05, 0.1) is 12.8 Å². The Bertz CT molecular complexity index is 931. The zero-order valence-electron chi connectivity index (χ0n) is 16.3. The van der Waals surface area contributed by atoms with Crippen molar-refractivity contribution < 1.29 is 24.2 Å². The highest BCUT2D eigenvalue weighted by atomic mass is 16.5. The number of nitrogens with zero attached hydrogens (tertiary/aromatic N) is 1. The molecule has 8 nitrogen and oxygen atoms in total. The van der Waals surface area contributed by atoms with Crippen LogP contribution in [0.15, 0.2) is 48.5 Å². The van der Waals surface area contributed by atoms with Gasteiger partial charge in [-0.2, -0.15) is 0 Å². The molecule has 3 N–H and O–H groups in total. The molecule has 1 atom stereocenters. The standard InChI is InChI=1S/C21H23N3O5/c1-21(19(26)27,15-6-4-3-5-7-15)13-23-18(25)14-8-9-17(29-2)16(12-14)24-11-10-22-20(24)28/h3-9,12H,10-11,13H2,1-2H3,(H,22,28)(H,23,25)(H,26,27). The summed E-state index contributed by atoms with van der Waals surface area (Å²) in [6.07, 6.45) is 0. The molecule has 1 saturated heterocycles. The Balaban J connectivity index is 1.82. The van der Waals surface area contributed by atoms with Crippen LogP contribution in [-0.2, 0) is 10.2 Å². The largest absolute Gasteiger partial charge is 0.495 e. The minimum atomic E-state index is -1.28. The number of urea groups is 1. The molecule has 0 bridgehead atoms. The van der Waals surface area contributed by atoms with Gasteiger partial charge in [-0.3, -0.25) is 14.5 Å². The van der Waals surface area contributed by atoms with Crippen LogP contribution in [0.1, 0.15) is 22.8 Å². The molecule has 0 radical (unpaired) electrons. The molecule has 29 heavy (non-hydrogen) atoms. The summed E-state index contributed by atoms with van der Waals surface area (Å²) in [4.78, 5) is 38.1. The van der Waals surface area contributed by atoms with Gasteiger partial charge in [0.1, 0.15) is 11.2 Å². The number of hydrogen-bond donors (Lipinski definition) is 3. The van der Waals surface area contributed by atoms with Crippen LogP contribution < -0.4 is 20.3 Å². The van der Waals surface area contributed by atoms with E-state index in [4.69, 9.17) is 4.74 Å². The smallest absolute Gasteiger partial charge is 0.322 e. The van der Waals surface area contributed by atoms with Gasteiger partial charge in [-0.25, -0.2) is 4.79 Å². The molecule has 1 aliphatic heterocycles. The second kappa shape index (κ2) is 8.22. The number of benzene rings is 2. The molecule has 0 spiro atoms. The Hall–Kier alpha value is -3.55. The fourth-order valence-electron chi connectivity index (χ4n) is 3.21. The van der Waals surface area contributed by atoms with Crippen LogP contribution in [0.25, 0.3) is 0 Å². The summed E-state index contributed by atoms with van der Waals surface area (Å²) in [6, 6.07) is 13.3. The molecule has 0 aromatic heterocycles. The van der Waals surface area contributed by atoms with E-state index >= 15 is 0 Å². The molecule has 0 aliphatic carbocycles. The lowest BCUT2D eigenvalue weighted by molar-refractivity contribution is -0.142. The summed E-state index contributed by atoms with van der Waals surface area (Å²) >= 11 is 0. The van der Waals surface area contributed by atoms with Crippen molar-refractivity contribution in [3.63, 3.8) is 0 Å². The third-order valence-corrected chi connectivity index (χ3v) is 5.07. The van der Waals surface area contributed by atoms with E-state index in [0.29, 0.717) is 35.7 Å². The number of amides is 3. The minimum Gasteiger partial charge on any atom is -0.495 e. The van der Waals surface area contributed by atoms with Crippen LogP contribution in [0.5, 0.6) is 5.75 Å². The van der Waals surface area contributed by atoms with E-state index in [1.54, 1.807) is 55.5 Å². The van der Waals surface area contributed by atoms with Gasteiger partial charge < -0.3 is 20.5 Å². The molecule has 2 aromatic carbocycles. The molecule has 1 fully saturated rings. The highest BCUT2D eigenvalue weighted by molar-refractivity contribution is 6.00. The fraction of sp³-hybridized carbons (Fsp3) is 0.286. The third-order valence-electron chi connectivity index (χ3n) is 5.07. The molecule has 2 aromatic rings. The van der Waals surface area contributed by atoms with Crippen LogP contribution in [0.4, 0.5) is 10.5 Å². The maximum Gasteiger partial charge on any atom is 0.322 e. The maximum atomic E-state index is 12.7. The van der Waals surface area contributed by atoms with Crippen molar-refractivity contribution in [2.45, 2.75) is 12.3 Å². The number of anilines is 1. The van der Waals surface area contributed by atoms with Gasteiger partial charge in [-0.15, -0.1) is 0 Å². The summed E-state index contributed by atoms with van der Waals surface area (Å²) in [6.45, 7) is 2.45. The summed E-state index contributed by atoms with van der Waals surface area (Å²) in [5, 5.41) is 15.2. The van der Waals surface area contributed by atoms with E-state index in [-0.39, 0.29) is 12.6 Å². The highest BCUT2D eigenvalue weighted by Gasteiger charge is 2.35. The first kappa shape index (κ1) is 20.2. The quantitative estimate of drug-likeness (QED) is 0.662. The van der Waals surface area contributed by atoms with Crippen LogP contribution in [0.2, 0.25) is 0 Å². The normalized spacial score (nSPS) is 15.4. The summed E-state index contributed by atoms with van der Waals surface area (Å²) < 4.78 is 5.31. The molecular formula is C21H23N3O5. The first-order valence-corrected chi connectivity index (χ1v) is 9.17. The molecular weight excluding hydrogens is 374 g/mol. The fourth-order valence-corrected chi connectivity index (χ4v) is 3.21. The monoisotopic (exact) mass is 397 g/mol. The molecule has 1 aliphatic rings. The van der Waals surface area contributed by atoms with E-state index in [1.165, 1.54) is 12.0 Å². The number of rotatable bonds is 7. The lowest BCUT2D eigenvalue weighted by atomic mass is 9.82. The van der Waals surface area contributed by atoms with Crippen LogP contribution in [0, 0.1) is 0 Å². The van der Waals surface area contributed by atoms with E-state index in [2.05, 4.69) is 10.6 Å². The second-order valence-corrected chi connectivity index (χ2v) is 6.96. The van der Waals surface area contributed by atoms with Crippen molar-refractivity contribution >= 4 is 23.6 Å². The minimum absolute atomic E-state index is 0.0866. The van der Waals surface area contributed by atoms with Gasteiger partial charge in [0.15, 0.2) is 0 Å². The topological polar surface area (TPSA) is 108 Å². The Kier molecular flexibility index (Phi) is 5.72. The number of ether oxygens (including phenoxy) is 1. The first-order valence-electron chi connectivity index (χ1n) is 9.17. The Morgan fingerprint density at radius 1 is 1.24 bits per heavy atom. The summed E-state index contributed by atoms with van der Waals surface area (Å²) in [7, 11) is 1.49. The molecule has 1 unspecified atom stereocenters. The number of carbonyl (C=O) groups excluding carboxylic acids is 2. The molecule has 0 saturated carbocycles. The van der Waals surface area contributed by atoms with Gasteiger partial charge in [0.25, 0.3) is 5.91 Å².